The van der Waals surface area contributed by atoms with Gasteiger partial charge in [-0.15, -0.1) is 11.3 Å². The summed E-state index contributed by atoms with van der Waals surface area (Å²) in [7, 11) is 0. The first-order valence-corrected chi connectivity index (χ1v) is 9.48. The Bertz CT molecular complexity index is 898. The molecule has 1 aromatic heterocycles. The van der Waals surface area contributed by atoms with E-state index in [-0.39, 0.29) is 23.4 Å². The molecule has 1 N–H and O–H groups in total. The summed E-state index contributed by atoms with van der Waals surface area (Å²) < 4.78 is 13.2. The van der Waals surface area contributed by atoms with E-state index in [0.717, 1.165) is 22.7 Å². The number of hydrogen-bond acceptors (Lipinski definition) is 3. The van der Waals surface area contributed by atoms with Crippen LogP contribution in [0.1, 0.15) is 34.8 Å². The number of benzene rings is 2. The van der Waals surface area contributed by atoms with Crippen LogP contribution in [0.3, 0.4) is 0 Å². The minimum absolute atomic E-state index is 0.0497. The van der Waals surface area contributed by atoms with Crippen molar-refractivity contribution < 1.29 is 9.18 Å². The molecule has 3 aromatic rings. The third-order valence-electron chi connectivity index (χ3n) is 3.96. The third kappa shape index (κ3) is 4.90. The molecule has 1 amide bonds. The van der Waals surface area contributed by atoms with Gasteiger partial charge in [-0.3, -0.25) is 4.79 Å². The molecule has 0 saturated heterocycles. The predicted molar refractivity (Wildman–Crippen MR) is 103 cm³/mol. The van der Waals surface area contributed by atoms with E-state index in [0.29, 0.717) is 0 Å². The van der Waals surface area contributed by atoms with E-state index in [1.807, 2.05) is 30.5 Å². The van der Waals surface area contributed by atoms with Gasteiger partial charge in [0.2, 0.25) is 5.91 Å². The fourth-order valence-corrected chi connectivity index (χ4v) is 3.62. The summed E-state index contributed by atoms with van der Waals surface area (Å²) in [6.07, 6.45) is 0.974. The smallest absolute Gasteiger partial charge is 0.226 e. The fourth-order valence-electron chi connectivity index (χ4n) is 2.60. The molecule has 0 radical (unpaired) electrons. The van der Waals surface area contributed by atoms with E-state index < -0.39 is 5.82 Å². The molecule has 0 spiro atoms. The Morgan fingerprint density at radius 2 is 2.04 bits per heavy atom. The van der Waals surface area contributed by atoms with Gasteiger partial charge in [-0.25, -0.2) is 9.37 Å². The molecule has 0 saturated carbocycles. The molecule has 3 nitrogen and oxygen atoms in total. The number of carbonyl (C=O) groups is 1. The van der Waals surface area contributed by atoms with Crippen molar-refractivity contribution in [3.8, 4) is 0 Å². The largest absolute Gasteiger partial charge is 0.349 e. The number of nitrogens with zero attached hydrogens (tertiary/aromatic N) is 1. The molecule has 26 heavy (non-hydrogen) atoms. The third-order valence-corrected chi connectivity index (χ3v) is 5.15. The second-order valence-electron chi connectivity index (χ2n) is 6.03. The summed E-state index contributed by atoms with van der Waals surface area (Å²) in [5.41, 5.74) is 2.70. The van der Waals surface area contributed by atoms with Gasteiger partial charge in [-0.05, 0) is 30.2 Å². The standard InChI is InChI=1S/C20H18ClFN2OS/c1-13(15-7-8-18(22)17(21)10-15)23-19(25)11-16-12-26-20(24-16)9-14-5-3-2-4-6-14/h2-8,10,12-13H,9,11H2,1H3,(H,23,25). The highest BCUT2D eigenvalue weighted by Crippen LogP contribution is 2.21. The lowest BCUT2D eigenvalue weighted by molar-refractivity contribution is -0.121. The van der Waals surface area contributed by atoms with Gasteiger partial charge in [-0.1, -0.05) is 48.0 Å². The summed E-state index contributed by atoms with van der Waals surface area (Å²) in [4.78, 5) is 16.8. The number of amides is 1. The maximum absolute atomic E-state index is 13.2. The first kappa shape index (κ1) is 18.5. The van der Waals surface area contributed by atoms with Crippen LogP contribution in [0.2, 0.25) is 5.02 Å². The predicted octanol–water partition coefficient (Wildman–Crippen LogP) is 4.95. The van der Waals surface area contributed by atoms with Crippen LogP contribution < -0.4 is 5.32 Å². The molecule has 1 unspecified atom stereocenters. The van der Waals surface area contributed by atoms with Crippen molar-refractivity contribution in [2.75, 3.05) is 0 Å². The summed E-state index contributed by atoms with van der Waals surface area (Å²) in [5.74, 6) is -0.600. The number of hydrogen-bond donors (Lipinski definition) is 1. The number of carbonyl (C=O) groups excluding carboxylic acids is 1. The first-order valence-electron chi connectivity index (χ1n) is 8.23. The molecular weight excluding hydrogens is 371 g/mol. The van der Waals surface area contributed by atoms with E-state index in [1.54, 1.807) is 17.4 Å². The van der Waals surface area contributed by atoms with Gasteiger partial charge in [0.15, 0.2) is 0 Å². The van der Waals surface area contributed by atoms with Crippen LogP contribution in [-0.4, -0.2) is 10.9 Å². The number of thiazole rings is 1. The van der Waals surface area contributed by atoms with Crippen molar-refractivity contribution >= 4 is 28.8 Å². The zero-order chi connectivity index (χ0) is 18.5. The molecule has 2 aromatic carbocycles. The number of nitrogens with one attached hydrogen (secondary N) is 1. The number of aromatic nitrogens is 1. The van der Waals surface area contributed by atoms with Gasteiger partial charge in [-0.2, -0.15) is 0 Å². The fraction of sp³-hybridized carbons (Fsp3) is 0.200. The summed E-state index contributed by atoms with van der Waals surface area (Å²) in [5, 5.41) is 5.84. The molecule has 3 rings (SSSR count). The van der Waals surface area contributed by atoms with Crippen LogP contribution in [0.4, 0.5) is 4.39 Å². The normalized spacial score (nSPS) is 12.0. The van der Waals surface area contributed by atoms with Gasteiger partial charge in [0, 0.05) is 11.8 Å². The molecule has 6 heteroatoms. The first-order chi connectivity index (χ1) is 12.5. The second kappa shape index (κ2) is 8.43. The molecule has 0 fully saturated rings. The zero-order valence-electron chi connectivity index (χ0n) is 14.2. The monoisotopic (exact) mass is 388 g/mol. The van der Waals surface area contributed by atoms with E-state index in [4.69, 9.17) is 11.6 Å². The van der Waals surface area contributed by atoms with Gasteiger partial charge < -0.3 is 5.32 Å². The zero-order valence-corrected chi connectivity index (χ0v) is 15.8. The van der Waals surface area contributed by atoms with E-state index in [9.17, 15) is 9.18 Å². The quantitative estimate of drug-likeness (QED) is 0.649. The van der Waals surface area contributed by atoms with Crippen molar-refractivity contribution in [2.24, 2.45) is 0 Å². The van der Waals surface area contributed by atoms with Crippen molar-refractivity contribution in [3.63, 3.8) is 0 Å². The SMILES string of the molecule is CC(NC(=O)Cc1csc(Cc2ccccc2)n1)c1ccc(F)c(Cl)c1. The molecule has 0 aliphatic rings. The average Bonchev–Trinajstić information content (AvgIpc) is 3.04. The Morgan fingerprint density at radius 1 is 1.27 bits per heavy atom. The average molecular weight is 389 g/mol. The minimum atomic E-state index is -0.470. The minimum Gasteiger partial charge on any atom is -0.349 e. The highest BCUT2D eigenvalue weighted by Gasteiger charge is 2.13. The van der Waals surface area contributed by atoms with E-state index >= 15 is 0 Å². The van der Waals surface area contributed by atoms with Crippen molar-refractivity contribution in [1.82, 2.24) is 10.3 Å². The van der Waals surface area contributed by atoms with Crippen LogP contribution in [-0.2, 0) is 17.6 Å². The number of halogens is 2. The Hall–Kier alpha value is -2.24. The van der Waals surface area contributed by atoms with Gasteiger partial charge in [0.1, 0.15) is 5.82 Å². The van der Waals surface area contributed by atoms with Crippen LogP contribution in [0.5, 0.6) is 0 Å². The molecule has 0 aliphatic carbocycles. The topological polar surface area (TPSA) is 42.0 Å². The molecule has 134 valence electrons. The van der Waals surface area contributed by atoms with Crippen LogP contribution >= 0.6 is 22.9 Å². The lowest BCUT2D eigenvalue weighted by Gasteiger charge is -2.14. The lowest BCUT2D eigenvalue weighted by atomic mass is 10.1. The second-order valence-corrected chi connectivity index (χ2v) is 7.38. The van der Waals surface area contributed by atoms with Crippen molar-refractivity contribution in [2.45, 2.75) is 25.8 Å². The van der Waals surface area contributed by atoms with E-state index in [2.05, 4.69) is 22.4 Å². The maximum Gasteiger partial charge on any atom is 0.226 e. The van der Waals surface area contributed by atoms with Gasteiger partial charge >= 0.3 is 0 Å². The highest BCUT2D eigenvalue weighted by molar-refractivity contribution is 7.09. The summed E-state index contributed by atoms with van der Waals surface area (Å²) >= 11 is 7.35. The Labute approximate surface area is 160 Å². The molecule has 1 heterocycles. The Balaban J connectivity index is 1.57. The van der Waals surface area contributed by atoms with Gasteiger partial charge in [0.05, 0.1) is 28.2 Å². The van der Waals surface area contributed by atoms with E-state index in [1.165, 1.54) is 17.7 Å². The molecule has 1 atom stereocenters. The Kier molecular flexibility index (Phi) is 6.01. The maximum atomic E-state index is 13.2. The molecular formula is C20H18ClFN2OS. The van der Waals surface area contributed by atoms with Gasteiger partial charge in [0.25, 0.3) is 0 Å². The van der Waals surface area contributed by atoms with Crippen molar-refractivity contribution in [3.05, 3.63) is 86.6 Å². The van der Waals surface area contributed by atoms with Crippen LogP contribution in [0.15, 0.2) is 53.9 Å². The van der Waals surface area contributed by atoms with Crippen LogP contribution in [0.25, 0.3) is 0 Å². The summed E-state index contributed by atoms with van der Waals surface area (Å²) in [6, 6.07) is 14.3. The highest BCUT2D eigenvalue weighted by atomic mass is 35.5. The molecule has 0 aliphatic heterocycles. The van der Waals surface area contributed by atoms with Crippen molar-refractivity contribution in [1.29, 1.82) is 0 Å². The molecule has 0 bridgehead atoms. The number of rotatable bonds is 6. The van der Waals surface area contributed by atoms with Crippen LogP contribution in [0, 0.1) is 5.82 Å². The lowest BCUT2D eigenvalue weighted by Crippen LogP contribution is -2.28. The summed E-state index contributed by atoms with van der Waals surface area (Å²) in [6.45, 7) is 1.84. The Morgan fingerprint density at radius 3 is 2.77 bits per heavy atom.